The van der Waals surface area contributed by atoms with Gasteiger partial charge in [0.05, 0.1) is 11.4 Å². The molecule has 1 aromatic rings. The number of fused-ring (bicyclic) bond motifs is 1. The van der Waals surface area contributed by atoms with Gasteiger partial charge in [0.1, 0.15) is 11.9 Å². The molecule has 1 amide bonds. The van der Waals surface area contributed by atoms with Crippen molar-refractivity contribution in [2.45, 2.75) is 64.8 Å². The van der Waals surface area contributed by atoms with Crippen molar-refractivity contribution in [1.82, 2.24) is 0 Å². The second kappa shape index (κ2) is 8.16. The van der Waals surface area contributed by atoms with Crippen molar-refractivity contribution >= 4 is 17.3 Å². The number of rotatable bonds is 8. The molecule has 22 heavy (non-hydrogen) atoms. The summed E-state index contributed by atoms with van der Waals surface area (Å²) in [6, 6.07) is 4.29. The van der Waals surface area contributed by atoms with Gasteiger partial charge in [-0.25, -0.2) is 4.39 Å². The number of halogens is 1. The molecule has 1 aliphatic heterocycles. The molecule has 0 aliphatic carbocycles. The van der Waals surface area contributed by atoms with Gasteiger partial charge in [-0.2, -0.15) is 0 Å². The largest absolute Gasteiger partial charge is 0.372 e. The van der Waals surface area contributed by atoms with Crippen LogP contribution in [0.4, 0.5) is 15.8 Å². The first-order valence-corrected chi connectivity index (χ1v) is 8.51. The van der Waals surface area contributed by atoms with Crippen LogP contribution in [0.3, 0.4) is 0 Å². The van der Waals surface area contributed by atoms with E-state index in [4.69, 9.17) is 0 Å². The second-order valence-electron chi connectivity index (χ2n) is 6.14. The monoisotopic (exact) mass is 306 g/mol. The van der Waals surface area contributed by atoms with Crippen LogP contribution in [0.25, 0.3) is 0 Å². The lowest BCUT2D eigenvalue weighted by Gasteiger charge is -2.34. The van der Waals surface area contributed by atoms with E-state index in [0.29, 0.717) is 0 Å². The summed E-state index contributed by atoms with van der Waals surface area (Å²) in [5.41, 5.74) is 1.52. The van der Waals surface area contributed by atoms with Crippen LogP contribution in [-0.2, 0) is 4.79 Å². The van der Waals surface area contributed by atoms with Crippen molar-refractivity contribution in [1.29, 1.82) is 0 Å². The Morgan fingerprint density at radius 1 is 1.14 bits per heavy atom. The highest BCUT2D eigenvalue weighted by Gasteiger charge is 2.29. The highest BCUT2D eigenvalue weighted by molar-refractivity contribution is 6.04. The molecular formula is C18H27FN2O. The molecule has 0 spiro atoms. The molecule has 1 heterocycles. The summed E-state index contributed by atoms with van der Waals surface area (Å²) in [7, 11) is 0. The lowest BCUT2D eigenvalue weighted by atomic mass is 10.1. The third kappa shape index (κ3) is 4.21. The fourth-order valence-electron chi connectivity index (χ4n) is 2.96. The van der Waals surface area contributed by atoms with Gasteiger partial charge in [-0.15, -0.1) is 0 Å². The maximum Gasteiger partial charge on any atom is 0.249 e. The standard InChI is InChI=1S/C18H27FN2O/c1-3-4-5-6-7-8-9-12-21-17-11-10-15(19)13-16(17)20-14(2)18(21)22/h10-11,13-14,20H,3-9,12H2,1-2H3. The number of hydrogen-bond acceptors (Lipinski definition) is 2. The molecule has 0 bridgehead atoms. The second-order valence-corrected chi connectivity index (χ2v) is 6.14. The number of nitrogens with one attached hydrogen (secondary N) is 1. The highest BCUT2D eigenvalue weighted by Crippen LogP contribution is 2.32. The summed E-state index contributed by atoms with van der Waals surface area (Å²) >= 11 is 0. The van der Waals surface area contributed by atoms with Crippen LogP contribution in [0.2, 0.25) is 0 Å². The van der Waals surface area contributed by atoms with Crippen molar-refractivity contribution in [2.24, 2.45) is 0 Å². The van der Waals surface area contributed by atoms with Gasteiger partial charge in [0.15, 0.2) is 0 Å². The molecule has 0 aromatic heterocycles. The number of carbonyl (C=O) groups excluding carboxylic acids is 1. The molecule has 0 fully saturated rings. The molecule has 1 aliphatic rings. The molecule has 1 aromatic carbocycles. The van der Waals surface area contributed by atoms with Gasteiger partial charge in [0.2, 0.25) is 5.91 Å². The predicted molar refractivity (Wildman–Crippen MR) is 89.8 cm³/mol. The Balaban J connectivity index is 1.88. The van der Waals surface area contributed by atoms with E-state index in [1.165, 1.54) is 44.2 Å². The summed E-state index contributed by atoms with van der Waals surface area (Å²) < 4.78 is 13.4. The lowest BCUT2D eigenvalue weighted by molar-refractivity contribution is -0.119. The molecule has 0 saturated heterocycles. The van der Waals surface area contributed by atoms with Crippen LogP contribution in [0.5, 0.6) is 0 Å². The molecule has 2 rings (SSSR count). The Bertz CT molecular complexity index is 504. The highest BCUT2D eigenvalue weighted by atomic mass is 19.1. The van der Waals surface area contributed by atoms with Crippen molar-refractivity contribution < 1.29 is 9.18 Å². The Morgan fingerprint density at radius 3 is 2.55 bits per heavy atom. The molecule has 0 radical (unpaired) electrons. The van der Waals surface area contributed by atoms with Crippen molar-refractivity contribution in [3.05, 3.63) is 24.0 Å². The topological polar surface area (TPSA) is 32.3 Å². The van der Waals surface area contributed by atoms with E-state index in [1.807, 2.05) is 11.8 Å². The van der Waals surface area contributed by atoms with Crippen LogP contribution >= 0.6 is 0 Å². The minimum atomic E-state index is -0.293. The van der Waals surface area contributed by atoms with Crippen LogP contribution in [0.1, 0.15) is 58.8 Å². The van der Waals surface area contributed by atoms with Crippen LogP contribution < -0.4 is 10.2 Å². The van der Waals surface area contributed by atoms with E-state index < -0.39 is 0 Å². The van der Waals surface area contributed by atoms with E-state index in [9.17, 15) is 9.18 Å². The minimum absolute atomic E-state index is 0.0742. The number of nitrogens with zero attached hydrogens (tertiary/aromatic N) is 1. The number of amides is 1. The molecule has 1 atom stereocenters. The maximum absolute atomic E-state index is 13.4. The normalized spacial score (nSPS) is 17.3. The molecule has 1 N–H and O–H groups in total. The summed E-state index contributed by atoms with van der Waals surface area (Å²) in [5, 5.41) is 3.07. The number of unbranched alkanes of at least 4 members (excludes halogenated alkanes) is 6. The van der Waals surface area contributed by atoms with E-state index in [-0.39, 0.29) is 17.8 Å². The van der Waals surface area contributed by atoms with Gasteiger partial charge in [-0.1, -0.05) is 45.4 Å². The van der Waals surface area contributed by atoms with Crippen molar-refractivity contribution in [3.63, 3.8) is 0 Å². The van der Waals surface area contributed by atoms with Crippen molar-refractivity contribution in [3.8, 4) is 0 Å². The lowest BCUT2D eigenvalue weighted by Crippen LogP contribution is -2.46. The van der Waals surface area contributed by atoms with Gasteiger partial charge in [-0.3, -0.25) is 4.79 Å². The predicted octanol–water partition coefficient (Wildman–Crippen LogP) is 4.72. The van der Waals surface area contributed by atoms with E-state index in [1.54, 1.807) is 6.07 Å². The maximum atomic E-state index is 13.4. The molecule has 1 unspecified atom stereocenters. The van der Waals surface area contributed by atoms with Gasteiger partial charge >= 0.3 is 0 Å². The first kappa shape index (κ1) is 16.8. The van der Waals surface area contributed by atoms with Gasteiger partial charge in [0, 0.05) is 6.54 Å². The Morgan fingerprint density at radius 2 is 1.82 bits per heavy atom. The summed E-state index contributed by atoms with van der Waals surface area (Å²) in [5.74, 6) is -0.200. The zero-order valence-corrected chi connectivity index (χ0v) is 13.7. The van der Waals surface area contributed by atoms with E-state index in [2.05, 4.69) is 12.2 Å². The van der Waals surface area contributed by atoms with E-state index >= 15 is 0 Å². The average Bonchev–Trinajstić information content (AvgIpc) is 2.49. The molecular weight excluding hydrogens is 279 g/mol. The summed E-state index contributed by atoms with van der Waals surface area (Å²) in [4.78, 5) is 14.2. The van der Waals surface area contributed by atoms with Gasteiger partial charge in [0.25, 0.3) is 0 Å². The number of hydrogen-bond donors (Lipinski definition) is 1. The van der Waals surface area contributed by atoms with Crippen LogP contribution in [0.15, 0.2) is 18.2 Å². The molecule has 4 heteroatoms. The zero-order chi connectivity index (χ0) is 15.9. The van der Waals surface area contributed by atoms with Gasteiger partial charge in [-0.05, 0) is 31.5 Å². The van der Waals surface area contributed by atoms with Crippen LogP contribution in [0, 0.1) is 5.82 Å². The zero-order valence-electron chi connectivity index (χ0n) is 13.7. The first-order valence-electron chi connectivity index (χ1n) is 8.51. The van der Waals surface area contributed by atoms with E-state index in [0.717, 1.165) is 30.8 Å². The fourth-order valence-corrected chi connectivity index (χ4v) is 2.96. The summed E-state index contributed by atoms with van der Waals surface area (Å²) in [6.07, 6.45) is 8.54. The Kier molecular flexibility index (Phi) is 6.22. The molecule has 122 valence electrons. The SMILES string of the molecule is CCCCCCCCCN1C(=O)C(C)Nc2cc(F)ccc21. The summed E-state index contributed by atoms with van der Waals surface area (Å²) in [6.45, 7) is 4.77. The Labute approximate surface area is 132 Å². The third-order valence-corrected chi connectivity index (χ3v) is 4.24. The first-order chi connectivity index (χ1) is 10.6. The van der Waals surface area contributed by atoms with Gasteiger partial charge < -0.3 is 10.2 Å². The average molecular weight is 306 g/mol. The minimum Gasteiger partial charge on any atom is -0.372 e. The third-order valence-electron chi connectivity index (χ3n) is 4.24. The molecule has 3 nitrogen and oxygen atoms in total. The number of anilines is 2. The van der Waals surface area contributed by atoms with Crippen molar-refractivity contribution in [2.75, 3.05) is 16.8 Å². The Hall–Kier alpha value is -1.58. The quantitative estimate of drug-likeness (QED) is 0.705. The number of carbonyl (C=O) groups is 1. The smallest absolute Gasteiger partial charge is 0.249 e. The van der Waals surface area contributed by atoms with Crippen LogP contribution in [-0.4, -0.2) is 18.5 Å². The number of benzene rings is 1. The molecule has 0 saturated carbocycles. The fraction of sp³-hybridized carbons (Fsp3) is 0.611.